The summed E-state index contributed by atoms with van der Waals surface area (Å²) >= 11 is 0. The van der Waals surface area contributed by atoms with Crippen LogP contribution >= 0.6 is 0 Å². The third-order valence-electron chi connectivity index (χ3n) is 12.9. The minimum Gasteiger partial charge on any atom is -0.459 e. The Hall–Kier alpha value is -3.27. The lowest BCUT2D eigenvalue weighted by Gasteiger charge is -2.47. The van der Waals surface area contributed by atoms with Gasteiger partial charge in [-0.15, -0.1) is 0 Å². The molecular formula is C43H68N6O8. The van der Waals surface area contributed by atoms with Crippen molar-refractivity contribution >= 4 is 17.5 Å². The number of hydrogen-bond acceptors (Lipinski definition) is 13. The summed E-state index contributed by atoms with van der Waals surface area (Å²) in [5, 5.41) is 36.7. The van der Waals surface area contributed by atoms with Gasteiger partial charge < -0.3 is 39.5 Å². The molecule has 14 heteroatoms. The third kappa shape index (κ3) is 10.7. The van der Waals surface area contributed by atoms with Crippen LogP contribution in [0.25, 0.3) is 5.82 Å². The van der Waals surface area contributed by atoms with Crippen LogP contribution in [-0.2, 0) is 35.2 Å². The van der Waals surface area contributed by atoms with Crippen LogP contribution < -0.4 is 5.32 Å². The smallest absolute Gasteiger partial charge is 0.316 e. The van der Waals surface area contributed by atoms with E-state index in [1.807, 2.05) is 57.2 Å². The Morgan fingerprint density at radius 3 is 2.53 bits per heavy atom. The molecule has 6 heterocycles. The number of fused-ring (bicyclic) bond motifs is 15. The first kappa shape index (κ1) is 44.8. The number of aliphatic hydroxyl groups is 2. The number of pyridine rings is 1. The highest BCUT2D eigenvalue weighted by Gasteiger charge is 2.50. The van der Waals surface area contributed by atoms with Crippen LogP contribution in [0.1, 0.15) is 106 Å². The molecule has 14 nitrogen and oxygen atoms in total. The Labute approximate surface area is 339 Å². The largest absolute Gasteiger partial charge is 0.459 e. The van der Waals surface area contributed by atoms with E-state index in [9.17, 15) is 19.8 Å². The summed E-state index contributed by atoms with van der Waals surface area (Å²) in [6, 6.07) is 5.42. The van der Waals surface area contributed by atoms with E-state index in [0.29, 0.717) is 57.3 Å². The number of Topliss-reactive ketones (excluding diaryl/α,β-unsaturated/α-hetero) is 1. The van der Waals surface area contributed by atoms with E-state index in [2.05, 4.69) is 36.2 Å². The molecule has 0 aliphatic carbocycles. The van der Waals surface area contributed by atoms with Crippen LogP contribution in [0.15, 0.2) is 41.9 Å². The number of hydrogen-bond donors (Lipinski definition) is 3. The van der Waals surface area contributed by atoms with Crippen molar-refractivity contribution in [2.24, 2.45) is 34.2 Å². The monoisotopic (exact) mass is 797 g/mol. The highest BCUT2D eigenvalue weighted by atomic mass is 16.7. The molecule has 13 atom stereocenters. The lowest BCUT2D eigenvalue weighted by Crippen LogP contribution is -2.57. The molecule has 6 rings (SSSR count). The number of carbonyl (C=O) groups is 2. The van der Waals surface area contributed by atoms with Crippen molar-refractivity contribution in [3.8, 4) is 5.82 Å². The number of rotatable bonds is 8. The number of ether oxygens (including phenoxy) is 3. The van der Waals surface area contributed by atoms with Crippen molar-refractivity contribution in [1.29, 1.82) is 0 Å². The highest BCUT2D eigenvalue weighted by molar-refractivity contribution is 6.00. The van der Waals surface area contributed by atoms with Crippen molar-refractivity contribution < 1.29 is 38.9 Å². The predicted molar refractivity (Wildman–Crippen MR) is 216 cm³/mol. The zero-order chi connectivity index (χ0) is 41.7. The molecule has 0 spiro atoms. The number of ketones is 1. The van der Waals surface area contributed by atoms with E-state index < -0.39 is 53.4 Å². The summed E-state index contributed by atoms with van der Waals surface area (Å²) < 4.78 is 21.0. The van der Waals surface area contributed by atoms with Gasteiger partial charge in [0.2, 0.25) is 0 Å². The van der Waals surface area contributed by atoms with Crippen molar-refractivity contribution in [2.75, 3.05) is 20.6 Å². The van der Waals surface area contributed by atoms with Gasteiger partial charge in [-0.1, -0.05) is 38.9 Å². The Balaban J connectivity index is 1.55. The first-order valence-corrected chi connectivity index (χ1v) is 20.9. The van der Waals surface area contributed by atoms with Gasteiger partial charge in [-0.3, -0.25) is 9.59 Å². The maximum absolute atomic E-state index is 14.5. The van der Waals surface area contributed by atoms with E-state index in [-0.39, 0.29) is 42.4 Å². The third-order valence-corrected chi connectivity index (χ3v) is 12.9. The normalized spacial score (nSPS) is 38.5. The van der Waals surface area contributed by atoms with Crippen molar-refractivity contribution in [2.45, 2.75) is 155 Å². The number of aliphatic hydroxyl groups excluding tert-OH is 1. The van der Waals surface area contributed by atoms with Gasteiger partial charge >= 0.3 is 5.97 Å². The fourth-order valence-corrected chi connectivity index (χ4v) is 9.46. The van der Waals surface area contributed by atoms with Gasteiger partial charge in [0, 0.05) is 42.2 Å². The fourth-order valence-electron chi connectivity index (χ4n) is 9.46. The van der Waals surface area contributed by atoms with E-state index in [0.717, 1.165) is 11.3 Å². The molecule has 0 unspecified atom stereocenters. The van der Waals surface area contributed by atoms with Gasteiger partial charge in [0.15, 0.2) is 17.9 Å². The Morgan fingerprint density at radius 2 is 1.88 bits per heavy atom. The van der Waals surface area contributed by atoms with Gasteiger partial charge in [0.05, 0.1) is 17.9 Å². The molecule has 2 bridgehead atoms. The summed E-state index contributed by atoms with van der Waals surface area (Å²) in [4.78, 5) is 40.9. The quantitative estimate of drug-likeness (QED) is 0.184. The molecule has 0 amide bonds. The Bertz CT molecular complexity index is 1640. The average molecular weight is 797 g/mol. The van der Waals surface area contributed by atoms with Crippen LogP contribution in [0.5, 0.6) is 0 Å². The predicted octanol–water partition coefficient (Wildman–Crippen LogP) is 5.08. The van der Waals surface area contributed by atoms with Crippen molar-refractivity contribution in [1.82, 2.24) is 25.0 Å². The molecule has 0 saturated carbocycles. The molecule has 4 fully saturated rings. The summed E-state index contributed by atoms with van der Waals surface area (Å²) in [5.74, 6) is -2.50. The Kier molecular flexibility index (Phi) is 15.1. The topological polar surface area (TPSA) is 170 Å². The molecular weight excluding hydrogens is 729 g/mol. The molecule has 0 aromatic carbocycles. The summed E-state index contributed by atoms with van der Waals surface area (Å²) in [6.45, 7) is 16.2. The van der Waals surface area contributed by atoms with Gasteiger partial charge in [-0.05, 0) is 123 Å². The van der Waals surface area contributed by atoms with Crippen LogP contribution in [0.4, 0.5) is 0 Å². The molecule has 4 aliphatic rings. The molecule has 57 heavy (non-hydrogen) atoms. The second kappa shape index (κ2) is 19.2. The van der Waals surface area contributed by atoms with E-state index >= 15 is 0 Å². The lowest BCUT2D eigenvalue weighted by atomic mass is 9.68. The molecule has 3 N–H and O–H groups in total. The second-order valence-corrected chi connectivity index (χ2v) is 17.8. The minimum atomic E-state index is -1.41. The number of aromatic nitrogens is 3. The molecule has 4 saturated heterocycles. The van der Waals surface area contributed by atoms with Gasteiger partial charge in [0.25, 0.3) is 0 Å². The number of likely N-dealkylation sites (N-methyl/N-ethyl adjacent to an activating group) is 1. The van der Waals surface area contributed by atoms with Crippen LogP contribution in [0.3, 0.4) is 0 Å². The minimum absolute atomic E-state index is 0.0159. The lowest BCUT2D eigenvalue weighted by molar-refractivity contribution is -0.286. The maximum atomic E-state index is 14.5. The molecule has 2 aromatic rings. The summed E-state index contributed by atoms with van der Waals surface area (Å²) in [6.07, 6.45) is 5.28. The van der Waals surface area contributed by atoms with Crippen LogP contribution in [-0.4, -0.2) is 116 Å². The highest BCUT2D eigenvalue weighted by Crippen LogP contribution is 2.44. The Morgan fingerprint density at radius 1 is 1.12 bits per heavy atom. The summed E-state index contributed by atoms with van der Waals surface area (Å²) in [5.41, 5.74) is -0.414. The van der Waals surface area contributed by atoms with E-state index in [1.54, 1.807) is 37.8 Å². The second-order valence-electron chi connectivity index (χ2n) is 17.8. The van der Waals surface area contributed by atoms with Crippen molar-refractivity contribution in [3.63, 3.8) is 0 Å². The SMILES string of the molecule is CC[C@H]1OC(=O)[C@H](C)C(=O)[C@H](C)[C@@H](O[C@@H]2O[C@H](C)C[C@H](N(C)C)[C@H]2O)[C@]2(C)CC/C(=N/OCc3ccc(-n4cccn4)nc3)CC[C@H]([C@@H](C)CN[C@H](C)C2)[C@]1(C)O. The molecule has 2 aromatic heterocycles. The number of oxime groups is 1. The molecule has 0 radical (unpaired) electrons. The van der Waals surface area contributed by atoms with Gasteiger partial charge in [-0.2, -0.15) is 5.10 Å². The summed E-state index contributed by atoms with van der Waals surface area (Å²) in [7, 11) is 3.85. The van der Waals surface area contributed by atoms with E-state index in [1.165, 1.54) is 0 Å². The van der Waals surface area contributed by atoms with Gasteiger partial charge in [-0.25, -0.2) is 9.67 Å². The van der Waals surface area contributed by atoms with Crippen LogP contribution in [0.2, 0.25) is 0 Å². The fraction of sp³-hybridized carbons (Fsp3) is 0.744. The number of nitrogens with one attached hydrogen (secondary N) is 1. The zero-order valence-corrected chi connectivity index (χ0v) is 35.8. The van der Waals surface area contributed by atoms with Crippen molar-refractivity contribution in [3.05, 3.63) is 42.4 Å². The molecule has 318 valence electrons. The number of nitrogens with zero attached hydrogens (tertiary/aromatic N) is 5. The van der Waals surface area contributed by atoms with Gasteiger partial charge in [0.1, 0.15) is 30.3 Å². The maximum Gasteiger partial charge on any atom is 0.316 e. The van der Waals surface area contributed by atoms with E-state index in [4.69, 9.17) is 24.2 Å². The molecule has 4 aliphatic heterocycles. The number of esters is 1. The van der Waals surface area contributed by atoms with Crippen LogP contribution in [0, 0.1) is 29.1 Å². The average Bonchev–Trinajstić information content (AvgIpc) is 3.71. The first-order valence-electron chi connectivity index (χ1n) is 20.9. The standard InChI is InChI=1S/C43H68N6O8/c1-11-35-43(8,53)33-15-14-32(47-54-25-31-13-16-36(45-24-31)49-20-12-19-46-49)17-18-42(7,22-27(3)44-23-26(33)2)39(29(5)37(50)30(6)40(52)56-35)57-41-38(51)34(48(9)10)21-28(4)55-41/h12-13,16,19-20,24,26-30,33-35,38-39,41,44,51,53H,11,14-15,17-18,21-23,25H2,1-10H3/b47-32+/t26-,27+,28+,29-,30+,33+,34-,35+,38+,39+,41-,42+,43-/m0/s1. The number of carbonyl (C=O) groups excluding carboxylic acids is 2. The zero-order valence-electron chi connectivity index (χ0n) is 35.8. The first-order chi connectivity index (χ1) is 26.9.